The number of ether oxygens (including phenoxy) is 1. The fourth-order valence-electron chi connectivity index (χ4n) is 3.31. The number of piperazine rings is 1. The van der Waals surface area contributed by atoms with Gasteiger partial charge in [-0.3, -0.25) is 9.59 Å². The maximum atomic E-state index is 12.4. The molecule has 2 fully saturated rings. The van der Waals surface area contributed by atoms with Crippen molar-refractivity contribution in [1.82, 2.24) is 15.2 Å². The fourth-order valence-corrected chi connectivity index (χ4v) is 3.31. The van der Waals surface area contributed by atoms with E-state index in [1.165, 1.54) is 0 Å². The van der Waals surface area contributed by atoms with Gasteiger partial charge >= 0.3 is 0 Å². The molecule has 0 unspecified atom stereocenters. The molecule has 26 heavy (non-hydrogen) atoms. The van der Waals surface area contributed by atoms with Gasteiger partial charge in [-0.05, 0) is 25.0 Å². The van der Waals surface area contributed by atoms with Gasteiger partial charge in [-0.25, -0.2) is 4.98 Å². The topological polar surface area (TPSA) is 101 Å². The molecule has 0 saturated carbocycles. The Morgan fingerprint density at radius 1 is 1.19 bits per heavy atom. The van der Waals surface area contributed by atoms with Crippen LogP contribution in [0, 0.1) is 0 Å². The van der Waals surface area contributed by atoms with Gasteiger partial charge in [-0.1, -0.05) is 6.07 Å². The smallest absolute Gasteiger partial charge is 0.240 e. The minimum atomic E-state index is -0.865. The van der Waals surface area contributed by atoms with Crippen molar-refractivity contribution in [2.45, 2.75) is 24.8 Å². The summed E-state index contributed by atoms with van der Waals surface area (Å²) in [7, 11) is 0. The summed E-state index contributed by atoms with van der Waals surface area (Å²) in [6.45, 7) is 4.19. The summed E-state index contributed by atoms with van der Waals surface area (Å²) in [4.78, 5) is 33.0. The Kier molecular flexibility index (Phi) is 6.05. The van der Waals surface area contributed by atoms with Crippen molar-refractivity contribution in [2.24, 2.45) is 5.73 Å². The van der Waals surface area contributed by atoms with Crippen LogP contribution in [0.15, 0.2) is 24.4 Å². The van der Waals surface area contributed by atoms with Crippen molar-refractivity contribution >= 4 is 17.6 Å². The van der Waals surface area contributed by atoms with E-state index in [1.54, 1.807) is 6.20 Å². The molecule has 0 aromatic carbocycles. The van der Waals surface area contributed by atoms with Crippen LogP contribution in [0.4, 0.5) is 5.82 Å². The first-order valence-electron chi connectivity index (χ1n) is 9.17. The third kappa shape index (κ3) is 4.50. The highest BCUT2D eigenvalue weighted by Crippen LogP contribution is 2.17. The van der Waals surface area contributed by atoms with Crippen molar-refractivity contribution in [2.75, 3.05) is 50.8 Å². The molecule has 0 bridgehead atoms. The van der Waals surface area contributed by atoms with Crippen molar-refractivity contribution in [3.63, 3.8) is 0 Å². The lowest BCUT2D eigenvalue weighted by Gasteiger charge is -2.35. The number of aromatic nitrogens is 1. The largest absolute Gasteiger partial charge is 0.381 e. The SMILES string of the molecule is NC1(C(=O)NCCC(=O)N2CCN(c3ccccn3)CC2)CCOCC1. The highest BCUT2D eigenvalue weighted by molar-refractivity contribution is 5.86. The normalized spacial score (nSPS) is 19.9. The number of hydrogen-bond donors (Lipinski definition) is 2. The molecule has 1 aromatic rings. The molecule has 8 heteroatoms. The lowest BCUT2D eigenvalue weighted by atomic mass is 9.90. The van der Waals surface area contributed by atoms with Gasteiger partial charge in [0.15, 0.2) is 0 Å². The number of nitrogens with one attached hydrogen (secondary N) is 1. The van der Waals surface area contributed by atoms with Crippen molar-refractivity contribution in [1.29, 1.82) is 0 Å². The van der Waals surface area contributed by atoms with Crippen LogP contribution in [0.25, 0.3) is 0 Å². The summed E-state index contributed by atoms with van der Waals surface area (Å²) < 4.78 is 5.25. The zero-order valence-corrected chi connectivity index (χ0v) is 15.0. The van der Waals surface area contributed by atoms with E-state index in [9.17, 15) is 9.59 Å². The summed E-state index contributed by atoms with van der Waals surface area (Å²) in [6, 6.07) is 5.83. The van der Waals surface area contributed by atoms with Gasteiger partial charge in [-0.2, -0.15) is 0 Å². The summed E-state index contributed by atoms with van der Waals surface area (Å²) in [6.07, 6.45) is 3.10. The predicted molar refractivity (Wildman–Crippen MR) is 97.6 cm³/mol. The zero-order valence-electron chi connectivity index (χ0n) is 15.0. The van der Waals surface area contributed by atoms with Gasteiger partial charge in [0.2, 0.25) is 11.8 Å². The number of carbonyl (C=O) groups excluding carboxylic acids is 2. The first-order valence-corrected chi connectivity index (χ1v) is 9.17. The Morgan fingerprint density at radius 3 is 2.58 bits per heavy atom. The molecule has 2 amide bonds. The van der Waals surface area contributed by atoms with Gasteiger partial charge in [0, 0.05) is 58.6 Å². The number of rotatable bonds is 5. The third-order valence-corrected chi connectivity index (χ3v) is 5.07. The summed E-state index contributed by atoms with van der Waals surface area (Å²) >= 11 is 0. The van der Waals surface area contributed by atoms with Gasteiger partial charge in [0.05, 0.1) is 5.54 Å². The average molecular weight is 361 g/mol. The van der Waals surface area contributed by atoms with Crippen LogP contribution < -0.4 is 16.0 Å². The molecule has 2 aliphatic rings. The van der Waals surface area contributed by atoms with Crippen molar-refractivity contribution in [3.05, 3.63) is 24.4 Å². The molecule has 3 heterocycles. The summed E-state index contributed by atoms with van der Waals surface area (Å²) in [5, 5.41) is 2.81. The molecule has 8 nitrogen and oxygen atoms in total. The third-order valence-electron chi connectivity index (χ3n) is 5.07. The molecular weight excluding hydrogens is 334 g/mol. The minimum Gasteiger partial charge on any atom is -0.381 e. The van der Waals surface area contributed by atoms with Gasteiger partial charge < -0.3 is 25.6 Å². The van der Waals surface area contributed by atoms with Crippen LogP contribution in [0.2, 0.25) is 0 Å². The van der Waals surface area contributed by atoms with E-state index < -0.39 is 5.54 Å². The van der Waals surface area contributed by atoms with Crippen molar-refractivity contribution < 1.29 is 14.3 Å². The highest BCUT2D eigenvalue weighted by atomic mass is 16.5. The van der Waals surface area contributed by atoms with E-state index in [-0.39, 0.29) is 11.8 Å². The average Bonchev–Trinajstić information content (AvgIpc) is 2.69. The van der Waals surface area contributed by atoms with Crippen molar-refractivity contribution in [3.8, 4) is 0 Å². The molecule has 0 atom stereocenters. The molecule has 2 aliphatic heterocycles. The second-order valence-electron chi connectivity index (χ2n) is 6.83. The number of carbonyl (C=O) groups is 2. The monoisotopic (exact) mass is 361 g/mol. The predicted octanol–water partition coefficient (Wildman–Crippen LogP) is -0.256. The molecular formula is C18H27N5O3. The van der Waals surface area contributed by atoms with E-state index in [1.807, 2.05) is 23.1 Å². The molecule has 0 radical (unpaired) electrons. The molecule has 0 spiro atoms. The van der Waals surface area contributed by atoms with E-state index >= 15 is 0 Å². The molecule has 3 rings (SSSR count). The van der Waals surface area contributed by atoms with Crippen LogP contribution in [-0.4, -0.2) is 73.2 Å². The lowest BCUT2D eigenvalue weighted by molar-refractivity contribution is -0.132. The highest BCUT2D eigenvalue weighted by Gasteiger charge is 2.35. The number of nitrogens with zero attached hydrogens (tertiary/aromatic N) is 3. The molecule has 1 aromatic heterocycles. The maximum absolute atomic E-state index is 12.4. The second kappa shape index (κ2) is 8.46. The first-order chi connectivity index (χ1) is 12.6. The fraction of sp³-hybridized carbons (Fsp3) is 0.611. The van der Waals surface area contributed by atoms with Gasteiger partial charge in [0.25, 0.3) is 0 Å². The summed E-state index contributed by atoms with van der Waals surface area (Å²) in [5.41, 5.74) is 5.27. The van der Waals surface area contributed by atoms with Crippen LogP contribution in [0.3, 0.4) is 0 Å². The van der Waals surface area contributed by atoms with E-state index in [4.69, 9.17) is 10.5 Å². The molecule has 3 N–H and O–H groups in total. The van der Waals surface area contributed by atoms with Gasteiger partial charge in [0.1, 0.15) is 5.82 Å². The van der Waals surface area contributed by atoms with E-state index in [0.29, 0.717) is 52.1 Å². The summed E-state index contributed by atoms with van der Waals surface area (Å²) in [5.74, 6) is 0.814. The molecule has 0 aliphatic carbocycles. The Morgan fingerprint density at radius 2 is 1.92 bits per heavy atom. The Labute approximate surface area is 153 Å². The quantitative estimate of drug-likeness (QED) is 0.750. The van der Waals surface area contributed by atoms with E-state index in [0.717, 1.165) is 18.9 Å². The Hall–Kier alpha value is -2.19. The van der Waals surface area contributed by atoms with Crippen LogP contribution in [0.1, 0.15) is 19.3 Å². The van der Waals surface area contributed by atoms with Crippen LogP contribution >= 0.6 is 0 Å². The minimum absolute atomic E-state index is 0.0593. The number of amides is 2. The standard InChI is InChI=1S/C18H27N5O3/c19-18(5-13-26-14-6-18)17(25)21-8-4-16(24)23-11-9-22(10-12-23)15-3-1-2-7-20-15/h1-3,7H,4-6,8-14,19H2,(H,21,25). The molecule has 142 valence electrons. The Balaban J connectivity index is 1.38. The van der Waals surface area contributed by atoms with E-state index in [2.05, 4.69) is 15.2 Å². The van der Waals surface area contributed by atoms with Gasteiger partial charge in [-0.15, -0.1) is 0 Å². The zero-order chi connectivity index (χ0) is 18.4. The Bertz CT molecular complexity index is 611. The molecule has 2 saturated heterocycles. The van der Waals surface area contributed by atoms with Crippen LogP contribution in [-0.2, 0) is 14.3 Å². The number of hydrogen-bond acceptors (Lipinski definition) is 6. The lowest BCUT2D eigenvalue weighted by Crippen LogP contribution is -2.57. The maximum Gasteiger partial charge on any atom is 0.240 e. The van der Waals surface area contributed by atoms with Crippen LogP contribution in [0.5, 0.6) is 0 Å². The second-order valence-corrected chi connectivity index (χ2v) is 6.83. The number of nitrogens with two attached hydrogens (primary N) is 1. The first kappa shape index (κ1) is 18.6. The number of pyridine rings is 1. The number of anilines is 1.